The first-order chi connectivity index (χ1) is 39.4. The molecule has 0 radical (unpaired) electrons. The summed E-state index contributed by atoms with van der Waals surface area (Å²) >= 11 is 0. The van der Waals surface area contributed by atoms with Gasteiger partial charge in [0.2, 0.25) is 0 Å². The van der Waals surface area contributed by atoms with Crippen LogP contribution in [0.15, 0.2) is 65.8 Å². The van der Waals surface area contributed by atoms with Crippen molar-refractivity contribution in [2.24, 2.45) is 34.6 Å². The fourth-order valence-electron chi connectivity index (χ4n) is 9.74. The van der Waals surface area contributed by atoms with Crippen molar-refractivity contribution in [1.29, 1.82) is 0 Å². The number of nitrogens with two attached hydrogens (primary N) is 1. The molecule has 3 aromatic rings. The van der Waals surface area contributed by atoms with Crippen LogP contribution in [-0.4, -0.2) is 189 Å². The second-order valence-electron chi connectivity index (χ2n) is 21.3. The van der Waals surface area contributed by atoms with Crippen LogP contribution in [-0.2, 0) is 23.8 Å². The normalized spacial score (nSPS) is 25.8. The van der Waals surface area contributed by atoms with E-state index in [1.807, 2.05) is 26.3 Å². The molecule has 1 fully saturated rings. The molecule has 1 saturated heterocycles. The van der Waals surface area contributed by atoms with Gasteiger partial charge in [0.25, 0.3) is 17.6 Å². The van der Waals surface area contributed by atoms with Crippen molar-refractivity contribution in [2.45, 2.75) is 124 Å². The number of phenolic OH excluding ortho intramolecular Hbond substituents is 3. The van der Waals surface area contributed by atoms with E-state index in [2.05, 4.69) is 30.9 Å². The molecule has 0 saturated carbocycles. The van der Waals surface area contributed by atoms with Crippen molar-refractivity contribution in [2.75, 3.05) is 72.0 Å². The molecule has 2 aromatic carbocycles. The molecule has 26 heteroatoms. The van der Waals surface area contributed by atoms with Gasteiger partial charge >= 0.3 is 11.8 Å². The average molecular weight is 1240 g/mol. The van der Waals surface area contributed by atoms with E-state index in [0.29, 0.717) is 18.7 Å². The highest BCUT2D eigenvalue weighted by Gasteiger charge is 2.50. The third kappa shape index (κ3) is 19.4. The number of nitrogen functional groups attached to an aromatic ring is 1. The fourth-order valence-corrected chi connectivity index (χ4v) is 9.74. The number of esters is 1. The maximum absolute atomic E-state index is 14.4. The lowest BCUT2D eigenvalue weighted by Crippen LogP contribution is -2.46. The number of Topliss-reactive ketones (excluding diaryl/α,β-unsaturated/α-hetero) is 1. The highest BCUT2D eigenvalue weighted by Crippen LogP contribution is 2.55. The lowest BCUT2D eigenvalue weighted by Gasteiger charge is -2.38. The van der Waals surface area contributed by atoms with Gasteiger partial charge in [-0.1, -0.05) is 59.8 Å². The second kappa shape index (κ2) is 35.5. The van der Waals surface area contributed by atoms with Gasteiger partial charge in [0, 0.05) is 130 Å². The smallest absolute Gasteiger partial charge is 0.312 e. The van der Waals surface area contributed by atoms with Crippen LogP contribution >= 0.6 is 24.8 Å². The SMILES string of the molecule is CC[C@@H](CO)NCCN[C@@H](CC)CO.CO[C@H]1/C=C/O[C@@]2(C)Oc3c(C)c(O)c4c(O)c(c(/C=N/N5CCN(C)CC5)c(O)c4c3C2=O)NC(=O)/C(C)=C\C=C\[C@H](C)[C@H](O)[C@@H](C)[C@@H](O)[C@@H](C)[C@H](OC(C)=O)[C@@H]1C.Cl.Cl.NNC(=O)c1ccncc1. The molecule has 0 aliphatic carbocycles. The number of nitrogens with zero attached hydrogens (tertiary/aromatic N) is 4. The Morgan fingerprint density at radius 3 is 2.01 bits per heavy atom. The van der Waals surface area contributed by atoms with Crippen LogP contribution in [0.4, 0.5) is 5.69 Å². The first-order valence-electron chi connectivity index (χ1n) is 28.0. The summed E-state index contributed by atoms with van der Waals surface area (Å²) in [5.74, 6) is -3.76. The summed E-state index contributed by atoms with van der Waals surface area (Å²) in [4.78, 5) is 57.1. The molecule has 0 spiro atoms. The molecule has 4 aliphatic heterocycles. The number of likely N-dealkylation sites (N-methyl/N-ethyl adjacent to an activating group) is 1. The van der Waals surface area contributed by atoms with Crippen LogP contribution < -0.4 is 32.0 Å². The molecular formula is C59H91Cl2N9O15. The Morgan fingerprint density at radius 2 is 1.48 bits per heavy atom. The number of ketones is 1. The number of ether oxygens (including phenoxy) is 4. The molecule has 4 aliphatic rings. The van der Waals surface area contributed by atoms with E-state index in [9.17, 15) is 44.7 Å². The van der Waals surface area contributed by atoms with Crippen molar-refractivity contribution in [1.82, 2.24) is 31.0 Å². The quantitative estimate of drug-likeness (QED) is 0.0154. The standard InChI is InChI=1S/C43H58N4O12.C10H24N2O2.C6H7N3O.2ClH/c1-21-12-11-13-22(2)42(55)45-33-28(20-44-47-17-15-46(9)16-18-47)37(52)30-31(38(33)53)36(51)26(6)40-32(30)41(54)43(8,59-40)57-19-14-29(56-10)23(3)39(58-27(7)48)25(5)35(50)24(4)34(21)49;1-3-9(7-13)11-5-6-12-10(4-2)8-14;7-9-6(10)5-1-3-8-4-2-5;;/h11-14,19-21,23-25,29,34-35,39,49-53H,15-18H2,1-10H3,(H,45,55);9-14H,3-8H2,1-2H3;1-4H,7H2,(H,9,10);2*1H/b12-11+,19-14+,22-13-,44-20+;;;;/t21-,23+,24+,25+,29-,34-,35+,39+,43-;9-,10-;;;/m00.../s1. The van der Waals surface area contributed by atoms with Crippen LogP contribution in [0, 0.1) is 30.6 Å². The first-order valence-corrected chi connectivity index (χ1v) is 28.0. The van der Waals surface area contributed by atoms with Gasteiger partial charge < -0.3 is 75.5 Å². The minimum atomic E-state index is -2.04. The van der Waals surface area contributed by atoms with Crippen LogP contribution in [0.1, 0.15) is 107 Å². The monoisotopic (exact) mass is 1240 g/mol. The number of halogens is 2. The van der Waals surface area contributed by atoms with E-state index in [1.165, 1.54) is 71.8 Å². The molecule has 476 valence electrons. The Morgan fingerprint density at radius 1 is 0.894 bits per heavy atom. The number of aliphatic hydroxyl groups excluding tert-OH is 4. The van der Waals surface area contributed by atoms with E-state index < -0.39 is 88.8 Å². The molecule has 5 heterocycles. The predicted octanol–water partition coefficient (Wildman–Crippen LogP) is 4.57. The lowest BCUT2D eigenvalue weighted by molar-refractivity contribution is -0.160. The van der Waals surface area contributed by atoms with Crippen molar-refractivity contribution >= 4 is 71.1 Å². The Bertz CT molecular complexity index is 2760. The van der Waals surface area contributed by atoms with Gasteiger partial charge in [0.1, 0.15) is 23.4 Å². The number of anilines is 1. The van der Waals surface area contributed by atoms with Crippen LogP contribution in [0.2, 0.25) is 0 Å². The van der Waals surface area contributed by atoms with Crippen LogP contribution in [0.5, 0.6) is 23.0 Å². The van der Waals surface area contributed by atoms with E-state index in [1.54, 1.807) is 57.0 Å². The third-order valence-corrected chi connectivity index (χ3v) is 15.4. The number of fused-ring (bicyclic) bond motifs is 14. The van der Waals surface area contributed by atoms with Crippen molar-refractivity contribution in [3.8, 4) is 23.0 Å². The number of hydrogen-bond acceptors (Lipinski definition) is 22. The third-order valence-electron chi connectivity index (χ3n) is 15.4. The molecule has 85 heavy (non-hydrogen) atoms. The maximum Gasteiger partial charge on any atom is 0.312 e. The molecular weight excluding hydrogens is 1150 g/mol. The molecule has 13 N–H and O–H groups in total. The van der Waals surface area contributed by atoms with E-state index >= 15 is 0 Å². The number of aliphatic hydroxyl groups is 4. The maximum atomic E-state index is 14.4. The van der Waals surface area contributed by atoms with Gasteiger partial charge in [-0.2, -0.15) is 5.10 Å². The number of hydrazone groups is 1. The topological polar surface area (TPSA) is 353 Å². The molecule has 11 atom stereocenters. The van der Waals surface area contributed by atoms with Gasteiger partial charge in [-0.15, -0.1) is 24.8 Å². The van der Waals surface area contributed by atoms with Crippen molar-refractivity contribution < 1.29 is 73.9 Å². The zero-order chi connectivity index (χ0) is 61.9. The summed E-state index contributed by atoms with van der Waals surface area (Å²) in [5, 5.41) is 91.1. The molecule has 5 bridgehead atoms. The molecule has 1 aromatic heterocycles. The summed E-state index contributed by atoms with van der Waals surface area (Å²) in [6.45, 7) is 21.2. The molecule has 7 rings (SSSR count). The fraction of sp³-hybridized carbons (Fsp3) is 0.559. The summed E-state index contributed by atoms with van der Waals surface area (Å²) in [6.07, 6.45) is 9.80. The van der Waals surface area contributed by atoms with Gasteiger partial charge in [-0.05, 0) is 51.9 Å². The van der Waals surface area contributed by atoms with Gasteiger partial charge in [0.15, 0.2) is 5.75 Å². The number of hydrazine groups is 1. The summed E-state index contributed by atoms with van der Waals surface area (Å²) in [7, 11) is 3.42. The number of carbonyl (C=O) groups is 4. The van der Waals surface area contributed by atoms with Gasteiger partial charge in [0.05, 0.1) is 66.2 Å². The molecule has 0 unspecified atom stereocenters. The van der Waals surface area contributed by atoms with E-state index in [4.69, 9.17) is 35.0 Å². The van der Waals surface area contributed by atoms with Crippen molar-refractivity contribution in [3.05, 3.63) is 82.9 Å². The van der Waals surface area contributed by atoms with Crippen molar-refractivity contribution in [3.63, 3.8) is 0 Å². The number of amides is 2. The number of aromatic hydroxyl groups is 3. The van der Waals surface area contributed by atoms with E-state index in [0.717, 1.165) is 39.0 Å². The lowest BCUT2D eigenvalue weighted by atomic mass is 9.78. The number of phenols is 3. The Kier molecular flexibility index (Phi) is 31.3. The van der Waals surface area contributed by atoms with Crippen LogP contribution in [0.25, 0.3) is 10.8 Å². The number of nitrogens with one attached hydrogen (secondary N) is 4. The van der Waals surface area contributed by atoms with Gasteiger partial charge in [-0.3, -0.25) is 34.6 Å². The molecule has 24 nitrogen and oxygen atoms in total. The van der Waals surface area contributed by atoms with E-state index in [-0.39, 0.29) is 100 Å². The number of allylic oxidation sites excluding steroid dienone is 2. The predicted molar refractivity (Wildman–Crippen MR) is 329 cm³/mol. The highest BCUT2D eigenvalue weighted by molar-refractivity contribution is 6.24. The Hall–Kier alpha value is -6.16. The minimum Gasteiger partial charge on any atom is -0.507 e. The van der Waals surface area contributed by atoms with Gasteiger partial charge in [-0.25, -0.2) is 5.84 Å². The van der Waals surface area contributed by atoms with Crippen LogP contribution in [0.3, 0.4) is 0 Å². The summed E-state index contributed by atoms with van der Waals surface area (Å²) in [5.41, 5.74) is 2.18. The number of carbonyl (C=O) groups excluding carboxylic acids is 4. The number of piperazine rings is 1. The number of methoxy groups -OCH3 is 1. The summed E-state index contributed by atoms with van der Waals surface area (Å²) in [6, 6.07) is 3.57. The average Bonchev–Trinajstić information content (AvgIpc) is 2.04. The molecule has 2 amide bonds. The number of aromatic nitrogens is 1. The second-order valence-corrected chi connectivity index (χ2v) is 21.3. The summed E-state index contributed by atoms with van der Waals surface area (Å²) < 4.78 is 23.6. The number of rotatable bonds is 14. The Labute approximate surface area is 510 Å². The highest BCUT2D eigenvalue weighted by atomic mass is 35.5. The zero-order valence-corrected chi connectivity index (χ0v) is 52.3. The largest absolute Gasteiger partial charge is 0.507 e. The zero-order valence-electron chi connectivity index (χ0n) is 50.7. The number of benzene rings is 2. The minimum absolute atomic E-state index is 0. The Balaban J connectivity index is 0.000000785. The first kappa shape index (κ1) is 74.9. The number of hydrogen-bond donors (Lipinski definition) is 12. The number of pyridine rings is 1.